The second-order valence-electron chi connectivity index (χ2n) is 15.9. The largest absolute Gasteiger partial charge is 0.309 e. The van der Waals surface area contributed by atoms with Crippen LogP contribution in [0.5, 0.6) is 0 Å². The molecule has 0 radical (unpaired) electrons. The Morgan fingerprint density at radius 1 is 0.424 bits per heavy atom. The lowest BCUT2D eigenvalue weighted by Crippen LogP contribution is -2.01. The minimum absolute atomic E-state index is 0.939. The van der Waals surface area contributed by atoms with Crippen molar-refractivity contribution in [2.45, 2.75) is 12.8 Å². The summed E-state index contributed by atoms with van der Waals surface area (Å²) in [4.78, 5) is 5.33. The zero-order valence-corrected chi connectivity index (χ0v) is 32.2. The van der Waals surface area contributed by atoms with Crippen LogP contribution in [0.1, 0.15) is 17.7 Å². The summed E-state index contributed by atoms with van der Waals surface area (Å²) in [6.45, 7) is 0. The van der Waals surface area contributed by atoms with Crippen LogP contribution in [0.15, 0.2) is 188 Å². The molecule has 0 unspecified atom stereocenters. The zero-order valence-electron chi connectivity index (χ0n) is 32.2. The molecule has 4 heteroatoms. The molecule has 0 fully saturated rings. The van der Waals surface area contributed by atoms with E-state index in [0.717, 1.165) is 52.3 Å². The van der Waals surface area contributed by atoms with Crippen LogP contribution < -0.4 is 0 Å². The SMILES string of the molecule is C1=Cc2c(c3cc4c5c6ccccc6ccc5n(-c5ccccc5)c4cc3n2-c2ccc3ccc4ccc5nc(-c6ccccc6)n(-c6ccccc6)c5c4c3c2)CC1. The van der Waals surface area contributed by atoms with Gasteiger partial charge in [-0.2, -0.15) is 0 Å². The molecule has 13 rings (SSSR count). The smallest absolute Gasteiger partial charge is 0.145 e. The van der Waals surface area contributed by atoms with Gasteiger partial charge in [0.2, 0.25) is 0 Å². The minimum atomic E-state index is 0.939. The number of rotatable bonds is 4. The number of allylic oxidation sites excluding steroid dienone is 1. The summed E-state index contributed by atoms with van der Waals surface area (Å²) >= 11 is 0. The lowest BCUT2D eigenvalue weighted by molar-refractivity contribution is 0.968. The van der Waals surface area contributed by atoms with Gasteiger partial charge < -0.3 is 9.13 Å². The number of aryl methyl sites for hydroxylation is 1. The zero-order chi connectivity index (χ0) is 38.6. The van der Waals surface area contributed by atoms with Gasteiger partial charge in [0.15, 0.2) is 0 Å². The highest BCUT2D eigenvalue weighted by atomic mass is 15.1. The molecule has 0 atom stereocenters. The first-order valence-corrected chi connectivity index (χ1v) is 20.5. The van der Waals surface area contributed by atoms with Crippen LogP contribution in [0.4, 0.5) is 0 Å². The van der Waals surface area contributed by atoms with Crippen molar-refractivity contribution in [3.05, 3.63) is 199 Å². The van der Waals surface area contributed by atoms with Crippen LogP contribution in [-0.4, -0.2) is 18.7 Å². The van der Waals surface area contributed by atoms with E-state index in [0.29, 0.717) is 0 Å². The number of aromatic nitrogens is 4. The molecule has 12 aromatic rings. The van der Waals surface area contributed by atoms with Gasteiger partial charge in [0.25, 0.3) is 0 Å². The molecule has 4 nitrogen and oxygen atoms in total. The van der Waals surface area contributed by atoms with Crippen molar-refractivity contribution in [2.24, 2.45) is 0 Å². The Bertz CT molecular complexity index is 3700. The quantitative estimate of drug-likeness (QED) is 0.165. The van der Waals surface area contributed by atoms with E-state index in [1.807, 2.05) is 0 Å². The van der Waals surface area contributed by atoms with E-state index in [-0.39, 0.29) is 0 Å². The van der Waals surface area contributed by atoms with Crippen molar-refractivity contribution in [3.63, 3.8) is 0 Å². The Hall–Kier alpha value is -7.69. The lowest BCUT2D eigenvalue weighted by Gasteiger charge is -2.15. The van der Waals surface area contributed by atoms with Gasteiger partial charge in [0.1, 0.15) is 5.82 Å². The summed E-state index contributed by atoms with van der Waals surface area (Å²) in [5, 5.41) is 11.3. The first-order chi connectivity index (χ1) is 29.3. The van der Waals surface area contributed by atoms with E-state index in [2.05, 4.69) is 208 Å². The summed E-state index contributed by atoms with van der Waals surface area (Å²) in [6.07, 6.45) is 6.74. The second kappa shape index (κ2) is 12.4. The maximum atomic E-state index is 5.33. The molecular formula is C55H36N4. The van der Waals surface area contributed by atoms with Gasteiger partial charge in [-0.1, -0.05) is 127 Å². The average Bonchev–Trinajstić information content (AvgIpc) is 3.96. The van der Waals surface area contributed by atoms with E-state index >= 15 is 0 Å². The number of nitrogens with zero attached hydrogens (tertiary/aromatic N) is 4. The maximum Gasteiger partial charge on any atom is 0.145 e. The summed E-state index contributed by atoms with van der Waals surface area (Å²) in [7, 11) is 0. The molecule has 1 aliphatic rings. The fourth-order valence-corrected chi connectivity index (χ4v) is 10.1. The predicted molar refractivity (Wildman–Crippen MR) is 248 cm³/mol. The highest BCUT2D eigenvalue weighted by Crippen LogP contribution is 2.44. The first-order valence-electron chi connectivity index (χ1n) is 20.5. The third-order valence-electron chi connectivity index (χ3n) is 12.6. The van der Waals surface area contributed by atoms with E-state index in [9.17, 15) is 0 Å². The topological polar surface area (TPSA) is 27.7 Å². The molecule has 0 aliphatic heterocycles. The van der Waals surface area contributed by atoms with Crippen LogP contribution in [0, 0.1) is 0 Å². The average molecular weight is 753 g/mol. The number of hydrogen-bond acceptors (Lipinski definition) is 1. The Balaban J connectivity index is 1.14. The van der Waals surface area contributed by atoms with Crippen molar-refractivity contribution in [2.75, 3.05) is 0 Å². The van der Waals surface area contributed by atoms with Gasteiger partial charge in [-0.15, -0.1) is 0 Å². The molecule has 0 saturated heterocycles. The molecule has 1 aliphatic carbocycles. The van der Waals surface area contributed by atoms with Crippen LogP contribution in [-0.2, 0) is 6.42 Å². The van der Waals surface area contributed by atoms with Crippen molar-refractivity contribution < 1.29 is 0 Å². The molecule has 9 aromatic carbocycles. The number of imidazole rings is 1. The fraction of sp³-hybridized carbons (Fsp3) is 0.0364. The summed E-state index contributed by atoms with van der Waals surface area (Å²) in [5.74, 6) is 0.939. The standard InChI is InChI=1S/C55H36N4/c1-4-15-38(16-5-1)55-56-47-30-27-37-25-24-36-26-29-41(32-44(36)52(37)54(47)59(55)40-19-8-3-9-20-40)58-48-23-13-12-22-43(48)45-33-46-51(34-50(45)58)57(39-17-6-2-7-18-39)49-31-28-35-14-10-11-21-42(35)53(46)49/h1-11,13-21,23-34H,12,22H2. The summed E-state index contributed by atoms with van der Waals surface area (Å²) in [5.41, 5.74) is 12.9. The Morgan fingerprint density at radius 3 is 1.92 bits per heavy atom. The fourth-order valence-electron chi connectivity index (χ4n) is 10.1. The van der Waals surface area contributed by atoms with Crippen LogP contribution in [0.25, 0.3) is 111 Å². The lowest BCUT2D eigenvalue weighted by atomic mass is 9.98. The van der Waals surface area contributed by atoms with Gasteiger partial charge in [0.05, 0.1) is 27.6 Å². The Kier molecular flexibility index (Phi) is 6.81. The molecule has 0 N–H and O–H groups in total. The molecule has 0 amide bonds. The van der Waals surface area contributed by atoms with Crippen LogP contribution in [0.3, 0.4) is 0 Å². The number of para-hydroxylation sites is 2. The minimum Gasteiger partial charge on any atom is -0.309 e. The van der Waals surface area contributed by atoms with Gasteiger partial charge in [0, 0.05) is 49.9 Å². The number of fused-ring (bicyclic) bond motifs is 13. The van der Waals surface area contributed by atoms with Gasteiger partial charge >= 0.3 is 0 Å². The molecule has 3 aromatic heterocycles. The van der Waals surface area contributed by atoms with E-state index in [1.165, 1.54) is 76.3 Å². The van der Waals surface area contributed by atoms with Crippen LogP contribution >= 0.6 is 0 Å². The predicted octanol–water partition coefficient (Wildman–Crippen LogP) is 14.2. The first kappa shape index (κ1) is 32.4. The third kappa shape index (κ3) is 4.69. The van der Waals surface area contributed by atoms with E-state index in [4.69, 9.17) is 4.98 Å². The Morgan fingerprint density at radius 2 is 1.08 bits per heavy atom. The molecule has 0 bridgehead atoms. The number of benzene rings is 9. The van der Waals surface area contributed by atoms with E-state index < -0.39 is 0 Å². The van der Waals surface area contributed by atoms with Crippen LogP contribution in [0.2, 0.25) is 0 Å². The Labute approximate surface area is 340 Å². The molecule has 59 heavy (non-hydrogen) atoms. The monoisotopic (exact) mass is 752 g/mol. The van der Waals surface area contributed by atoms with Gasteiger partial charge in [-0.3, -0.25) is 4.57 Å². The number of hydrogen-bond donors (Lipinski definition) is 0. The third-order valence-corrected chi connectivity index (χ3v) is 12.6. The van der Waals surface area contributed by atoms with Crippen molar-refractivity contribution in [1.82, 2.24) is 18.7 Å². The second-order valence-corrected chi connectivity index (χ2v) is 15.9. The molecule has 276 valence electrons. The molecular weight excluding hydrogens is 717 g/mol. The summed E-state index contributed by atoms with van der Waals surface area (Å²) < 4.78 is 7.34. The van der Waals surface area contributed by atoms with Crippen molar-refractivity contribution >= 4 is 82.1 Å². The summed E-state index contributed by atoms with van der Waals surface area (Å²) in [6, 6.07) is 66.4. The molecule has 3 heterocycles. The van der Waals surface area contributed by atoms with Crippen molar-refractivity contribution in [3.8, 4) is 28.5 Å². The molecule has 0 saturated carbocycles. The highest BCUT2D eigenvalue weighted by Gasteiger charge is 2.24. The van der Waals surface area contributed by atoms with E-state index in [1.54, 1.807) is 0 Å². The normalized spacial score (nSPS) is 12.9. The van der Waals surface area contributed by atoms with Gasteiger partial charge in [-0.25, -0.2) is 4.98 Å². The van der Waals surface area contributed by atoms with Gasteiger partial charge in [-0.05, 0) is 112 Å². The molecule has 0 spiro atoms. The highest BCUT2D eigenvalue weighted by molar-refractivity contribution is 6.24. The van der Waals surface area contributed by atoms with Crippen molar-refractivity contribution in [1.29, 1.82) is 0 Å². The maximum absolute atomic E-state index is 5.33.